The number of hydrogen-bond donors (Lipinski definition) is 2. The van der Waals surface area contributed by atoms with Crippen LogP contribution in [0.5, 0.6) is 11.5 Å². The molecular formula is C27H41NO4. The highest BCUT2D eigenvalue weighted by Crippen LogP contribution is 2.90. The number of ether oxygens (including phenoxy) is 2. The van der Waals surface area contributed by atoms with Crippen molar-refractivity contribution in [2.24, 2.45) is 16.7 Å². The number of aliphatic hydroxyl groups is 1. The zero-order valence-corrected chi connectivity index (χ0v) is 20.9. The number of nitrogens with zero attached hydrogens (tertiary/aromatic N) is 1. The van der Waals surface area contributed by atoms with Crippen molar-refractivity contribution >= 4 is 0 Å². The fourth-order valence-corrected chi connectivity index (χ4v) is 9.76. The summed E-state index contributed by atoms with van der Waals surface area (Å²) >= 11 is 0. The molecule has 1 aliphatic heterocycles. The van der Waals surface area contributed by atoms with E-state index in [-0.39, 0.29) is 22.2 Å². The first kappa shape index (κ1) is 22.5. The summed E-state index contributed by atoms with van der Waals surface area (Å²) in [5.41, 5.74) is 0.482. The molecule has 32 heavy (non-hydrogen) atoms. The maximum atomic E-state index is 12.1. The van der Waals surface area contributed by atoms with Crippen LogP contribution in [-0.4, -0.2) is 60.2 Å². The largest absolute Gasteiger partial charge is 0.504 e. The number of benzene rings is 1. The smallest absolute Gasteiger partial charge is 0.161 e. The van der Waals surface area contributed by atoms with Gasteiger partial charge >= 0.3 is 0 Å². The van der Waals surface area contributed by atoms with Crippen LogP contribution >= 0.6 is 0 Å². The Labute approximate surface area is 193 Å². The van der Waals surface area contributed by atoms with Crippen molar-refractivity contribution in [1.29, 1.82) is 0 Å². The van der Waals surface area contributed by atoms with Crippen molar-refractivity contribution in [1.82, 2.24) is 4.90 Å². The fraction of sp³-hybridized carbons (Fsp3) is 0.778. The summed E-state index contributed by atoms with van der Waals surface area (Å²) < 4.78 is 11.9. The number of phenolic OH excluding ortho intramolecular Hbond substituents is 1. The van der Waals surface area contributed by atoms with Crippen LogP contribution in [0.3, 0.4) is 0 Å². The monoisotopic (exact) mass is 443 g/mol. The second-order valence-electron chi connectivity index (χ2n) is 11.5. The predicted octanol–water partition coefficient (Wildman–Crippen LogP) is 4.27. The Bertz CT molecular complexity index is 946. The molecule has 0 radical (unpaired) electrons. The summed E-state index contributed by atoms with van der Waals surface area (Å²) in [4.78, 5) is 2.54. The molecule has 1 heterocycles. The van der Waals surface area contributed by atoms with Gasteiger partial charge < -0.3 is 24.6 Å². The molecule has 3 unspecified atom stereocenters. The number of piperidine rings is 1. The molecule has 5 nitrogen and oxygen atoms in total. The van der Waals surface area contributed by atoms with Crippen LogP contribution in [0.4, 0.5) is 0 Å². The molecule has 2 N–H and O–H groups in total. The Balaban J connectivity index is 1.85. The van der Waals surface area contributed by atoms with Crippen molar-refractivity contribution in [3.63, 3.8) is 0 Å². The molecular weight excluding hydrogens is 402 g/mol. The molecule has 1 aromatic rings. The van der Waals surface area contributed by atoms with Gasteiger partial charge in [-0.15, -0.1) is 0 Å². The molecule has 3 aliphatic carbocycles. The van der Waals surface area contributed by atoms with Crippen molar-refractivity contribution < 1.29 is 19.7 Å². The van der Waals surface area contributed by atoms with E-state index in [0.29, 0.717) is 17.5 Å². The van der Waals surface area contributed by atoms with Crippen molar-refractivity contribution in [3.8, 4) is 11.5 Å². The first-order valence-corrected chi connectivity index (χ1v) is 12.5. The van der Waals surface area contributed by atoms with Gasteiger partial charge in [-0.05, 0) is 76.6 Å². The number of rotatable bonds is 6. The van der Waals surface area contributed by atoms with Gasteiger partial charge in [0.1, 0.15) is 0 Å². The second kappa shape index (κ2) is 6.64. The lowest BCUT2D eigenvalue weighted by Gasteiger charge is -2.63. The molecule has 5 heteroatoms. The van der Waals surface area contributed by atoms with Gasteiger partial charge in [-0.2, -0.15) is 0 Å². The van der Waals surface area contributed by atoms with E-state index in [1.807, 2.05) is 20.1 Å². The first-order valence-electron chi connectivity index (χ1n) is 12.5. The lowest BCUT2D eigenvalue weighted by molar-refractivity contribution is -0.124. The van der Waals surface area contributed by atoms with E-state index in [0.717, 1.165) is 50.6 Å². The number of aromatic hydroxyl groups is 1. The summed E-state index contributed by atoms with van der Waals surface area (Å²) in [6, 6.07) is 4.47. The average molecular weight is 444 g/mol. The molecule has 7 atom stereocenters. The highest BCUT2D eigenvalue weighted by molar-refractivity contribution is 5.62. The Morgan fingerprint density at radius 2 is 1.97 bits per heavy atom. The molecule has 0 spiro atoms. The number of fused-ring (bicyclic) bond motifs is 2. The number of phenols is 1. The average Bonchev–Trinajstić information content (AvgIpc) is 3.16. The Hall–Kier alpha value is -1.30. The normalized spacial score (nSPS) is 43.8. The van der Waals surface area contributed by atoms with Crippen LogP contribution in [0.25, 0.3) is 0 Å². The molecule has 2 saturated carbocycles. The maximum Gasteiger partial charge on any atom is 0.161 e. The van der Waals surface area contributed by atoms with Crippen LogP contribution in [0.1, 0.15) is 70.9 Å². The standard InChI is InChI=1S/C27H41NO4/c1-8-12-23(3,30)27-16-25(9-2)19-15-17-10-11-18(31-6)21(29)20(17)26(25,13-14-28(19)5)22(27)24(27,4)32-7/h10-11,19,22,29-30H,8-9,12-16H2,1-7H3/t19-,22?,23?,24-,25-,26+,27?/m1/s1. The lowest BCUT2D eigenvalue weighted by Crippen LogP contribution is -2.66. The summed E-state index contributed by atoms with van der Waals surface area (Å²) in [6.45, 7) is 9.73. The molecule has 2 bridgehead atoms. The van der Waals surface area contributed by atoms with Gasteiger partial charge in [0, 0.05) is 35.5 Å². The first-order chi connectivity index (χ1) is 15.1. The van der Waals surface area contributed by atoms with Crippen LogP contribution in [0, 0.1) is 16.7 Å². The Morgan fingerprint density at radius 1 is 1.25 bits per heavy atom. The van der Waals surface area contributed by atoms with Gasteiger partial charge in [-0.3, -0.25) is 0 Å². The zero-order valence-electron chi connectivity index (χ0n) is 20.9. The third-order valence-corrected chi connectivity index (χ3v) is 10.9. The van der Waals surface area contributed by atoms with Crippen LogP contribution in [0.2, 0.25) is 0 Å². The van der Waals surface area contributed by atoms with Gasteiger partial charge in [0.2, 0.25) is 0 Å². The summed E-state index contributed by atoms with van der Waals surface area (Å²) in [6.07, 6.45) is 5.56. The maximum absolute atomic E-state index is 12.1. The van der Waals surface area contributed by atoms with E-state index >= 15 is 0 Å². The van der Waals surface area contributed by atoms with Gasteiger partial charge in [-0.25, -0.2) is 0 Å². The summed E-state index contributed by atoms with van der Waals surface area (Å²) in [5.74, 6) is 1.02. The molecule has 1 aromatic carbocycles. The van der Waals surface area contributed by atoms with Crippen molar-refractivity contribution in [3.05, 3.63) is 23.3 Å². The quantitative estimate of drug-likeness (QED) is 0.687. The fourth-order valence-electron chi connectivity index (χ4n) is 9.76. The molecule has 5 rings (SSSR count). The number of hydrogen-bond acceptors (Lipinski definition) is 5. The van der Waals surface area contributed by atoms with Gasteiger partial charge in [0.05, 0.1) is 18.3 Å². The number of likely N-dealkylation sites (N-methyl/N-ethyl adjacent to an activating group) is 1. The van der Waals surface area contributed by atoms with E-state index in [2.05, 4.69) is 38.8 Å². The topological polar surface area (TPSA) is 62.2 Å². The van der Waals surface area contributed by atoms with Crippen LogP contribution in [0.15, 0.2) is 12.1 Å². The lowest BCUT2D eigenvalue weighted by atomic mass is 9.46. The summed E-state index contributed by atoms with van der Waals surface area (Å²) in [7, 11) is 5.71. The van der Waals surface area contributed by atoms with Gasteiger partial charge in [0.15, 0.2) is 11.5 Å². The zero-order chi connectivity index (χ0) is 23.3. The molecule has 3 fully saturated rings. The summed E-state index contributed by atoms with van der Waals surface area (Å²) in [5, 5.41) is 23.7. The molecule has 4 aliphatic rings. The molecule has 0 aromatic heterocycles. The Morgan fingerprint density at radius 3 is 2.56 bits per heavy atom. The Kier molecular flexibility index (Phi) is 4.67. The molecule has 0 amide bonds. The van der Waals surface area contributed by atoms with Gasteiger partial charge in [0.25, 0.3) is 0 Å². The van der Waals surface area contributed by atoms with Crippen molar-refractivity contribution in [2.75, 3.05) is 27.8 Å². The van der Waals surface area contributed by atoms with Crippen LogP contribution < -0.4 is 4.74 Å². The highest BCUT2D eigenvalue weighted by Gasteiger charge is 2.94. The van der Waals surface area contributed by atoms with E-state index in [1.165, 1.54) is 5.56 Å². The van der Waals surface area contributed by atoms with Crippen molar-refractivity contribution in [2.45, 2.75) is 88.9 Å². The SMILES string of the molecule is CCCC(C)(O)C12C[C@]3(CC)[C@H]4Cc5ccc(OC)c(O)c5[C@@]3(CCN4C)C1[C@@]2(C)OC. The van der Waals surface area contributed by atoms with E-state index in [4.69, 9.17) is 9.47 Å². The molecule has 1 saturated heterocycles. The minimum absolute atomic E-state index is 0.0166. The van der Waals surface area contributed by atoms with E-state index < -0.39 is 11.2 Å². The van der Waals surface area contributed by atoms with E-state index in [1.54, 1.807) is 7.11 Å². The number of likely N-dealkylation sites (tertiary alicyclic amines) is 1. The minimum Gasteiger partial charge on any atom is -0.504 e. The van der Waals surface area contributed by atoms with Gasteiger partial charge in [-0.1, -0.05) is 26.3 Å². The predicted molar refractivity (Wildman–Crippen MR) is 125 cm³/mol. The highest BCUT2D eigenvalue weighted by atomic mass is 16.5. The minimum atomic E-state index is -0.828. The number of methoxy groups -OCH3 is 2. The third-order valence-electron chi connectivity index (χ3n) is 10.9. The van der Waals surface area contributed by atoms with Crippen LogP contribution in [-0.2, 0) is 16.6 Å². The van der Waals surface area contributed by atoms with E-state index in [9.17, 15) is 10.2 Å². The second-order valence-corrected chi connectivity index (χ2v) is 11.5. The third kappa shape index (κ3) is 2.09. The molecule has 178 valence electrons.